The van der Waals surface area contributed by atoms with E-state index in [1.165, 1.54) is 41.0 Å². The van der Waals surface area contributed by atoms with E-state index in [-0.39, 0.29) is 0 Å². The minimum atomic E-state index is -2.94. The Bertz CT molecular complexity index is 3420. The highest BCUT2D eigenvalue weighted by atomic mass is 32.2. The van der Waals surface area contributed by atoms with Crippen molar-refractivity contribution in [2.24, 2.45) is 0 Å². The number of hydrogen-bond acceptors (Lipinski definition) is 2. The lowest BCUT2D eigenvalue weighted by atomic mass is 9.79. The predicted molar refractivity (Wildman–Crippen MR) is 276 cm³/mol. The third kappa shape index (κ3) is 6.22. The van der Waals surface area contributed by atoms with E-state index in [4.69, 9.17) is 4.11 Å². The summed E-state index contributed by atoms with van der Waals surface area (Å²) in [7, 11) is -2.94. The van der Waals surface area contributed by atoms with Gasteiger partial charge >= 0.3 is 0 Å². The van der Waals surface area contributed by atoms with Crippen LogP contribution in [0.15, 0.2) is 256 Å². The van der Waals surface area contributed by atoms with Crippen molar-refractivity contribution in [3.8, 4) is 66.8 Å². The Morgan fingerprint density at radius 3 is 1.17 bits per heavy atom. The van der Waals surface area contributed by atoms with Crippen LogP contribution in [0.5, 0.6) is 0 Å². The summed E-state index contributed by atoms with van der Waals surface area (Å²) in [5.41, 5.74) is 13.4. The van der Waals surface area contributed by atoms with Gasteiger partial charge < -0.3 is 0 Å². The maximum absolute atomic E-state index is 9.03. The lowest BCUT2D eigenvalue weighted by Gasteiger charge is -2.44. The van der Waals surface area contributed by atoms with Crippen LogP contribution >= 0.6 is 23.5 Å². The summed E-state index contributed by atoms with van der Waals surface area (Å²) in [6.45, 7) is -2.35. The summed E-state index contributed by atoms with van der Waals surface area (Å²) < 4.78 is 27.1. The van der Waals surface area contributed by atoms with E-state index in [0.717, 1.165) is 66.1 Å². The molecule has 10 aromatic rings. The third-order valence-corrected chi connectivity index (χ3v) is 21.0. The van der Waals surface area contributed by atoms with Crippen molar-refractivity contribution in [3.05, 3.63) is 242 Å². The first kappa shape index (κ1) is 35.6. The number of fused-ring (bicyclic) bond motifs is 8. The van der Waals surface area contributed by atoms with Crippen molar-refractivity contribution in [1.82, 2.24) is 0 Å². The van der Waals surface area contributed by atoms with Crippen molar-refractivity contribution in [3.63, 3.8) is 0 Å². The van der Waals surface area contributed by atoms with E-state index in [9.17, 15) is 0 Å². The Morgan fingerprint density at radius 2 is 0.688 bits per heavy atom. The van der Waals surface area contributed by atoms with Gasteiger partial charge in [-0.3, -0.25) is 0 Å². The van der Waals surface area contributed by atoms with Gasteiger partial charge in [-0.25, -0.2) is 0 Å². The lowest BCUT2D eigenvalue weighted by Crippen LogP contribution is -2.78. The number of benzene rings is 10. The molecule has 0 bridgehead atoms. The minimum Gasteiger partial charge on any atom is -0.0903 e. The standard InChI is InChI=1S/C61H42S2Si/c1-41-34-39-56-61(63-52-30-16-19-33-55(52)64(56)53-31-17-14-28-50(53)62-51-29-15-18-32-54(51)64)57(41)47-37-35-43(36-38-47)49-40-48(42-20-6-2-7-21-42)58(44-22-8-3-9-23-44)60(46-26-12-5-13-27-46)59(49)45-24-10-4-11-25-45/h2-40H,1H3/i1D3. The number of hydrogen-bond donors (Lipinski definition) is 0. The van der Waals surface area contributed by atoms with E-state index in [0.29, 0.717) is 5.56 Å². The Morgan fingerprint density at radius 1 is 0.312 bits per heavy atom. The Hall–Kier alpha value is -6.88. The van der Waals surface area contributed by atoms with Crippen molar-refractivity contribution in [2.45, 2.75) is 26.4 Å². The molecule has 64 heavy (non-hydrogen) atoms. The zero-order valence-corrected chi connectivity index (χ0v) is 37.5. The summed E-state index contributed by atoms with van der Waals surface area (Å²) in [6.07, 6.45) is 0. The van der Waals surface area contributed by atoms with E-state index in [1.54, 1.807) is 11.8 Å². The predicted octanol–water partition coefficient (Wildman–Crippen LogP) is 14.3. The fourth-order valence-electron chi connectivity index (χ4n) is 10.2. The highest BCUT2D eigenvalue weighted by Gasteiger charge is 2.51. The second kappa shape index (κ2) is 16.0. The highest BCUT2D eigenvalue weighted by Crippen LogP contribution is 2.51. The van der Waals surface area contributed by atoms with E-state index in [2.05, 4.69) is 231 Å². The molecule has 0 atom stereocenters. The topological polar surface area (TPSA) is 0 Å². The molecular formula is C61H42S2Si. The molecule has 0 fully saturated rings. The zero-order valence-electron chi connectivity index (χ0n) is 37.8. The quantitative estimate of drug-likeness (QED) is 0.153. The van der Waals surface area contributed by atoms with Crippen LogP contribution in [0.3, 0.4) is 0 Å². The molecule has 0 aliphatic carbocycles. The molecule has 2 heterocycles. The molecule has 12 rings (SSSR count). The fraction of sp³-hybridized carbons (Fsp3) is 0.0164. The Kier molecular flexibility index (Phi) is 8.91. The van der Waals surface area contributed by atoms with Gasteiger partial charge in [-0.15, -0.1) is 0 Å². The van der Waals surface area contributed by atoms with Gasteiger partial charge in [0.25, 0.3) is 0 Å². The van der Waals surface area contributed by atoms with Crippen LogP contribution in [0, 0.1) is 6.85 Å². The average molecular weight is 870 g/mol. The number of aryl methyl sites for hydroxylation is 1. The van der Waals surface area contributed by atoms with Gasteiger partial charge in [0.1, 0.15) is 0 Å². The normalized spacial score (nSPS) is 14.0. The molecule has 0 amide bonds. The first-order valence-corrected chi connectivity index (χ1v) is 25.4. The highest BCUT2D eigenvalue weighted by molar-refractivity contribution is 8.01. The Balaban J connectivity index is 1.13. The maximum Gasteiger partial charge on any atom is 0.184 e. The van der Waals surface area contributed by atoms with Gasteiger partial charge in [-0.2, -0.15) is 0 Å². The molecule has 10 aromatic carbocycles. The van der Waals surface area contributed by atoms with Gasteiger partial charge in [0.2, 0.25) is 0 Å². The van der Waals surface area contributed by atoms with Crippen LogP contribution in [-0.4, -0.2) is 8.07 Å². The third-order valence-electron chi connectivity index (χ3n) is 13.0. The lowest BCUT2D eigenvalue weighted by molar-refractivity contribution is 1.34. The monoisotopic (exact) mass is 869 g/mol. The average Bonchev–Trinajstić information content (AvgIpc) is 3.38. The van der Waals surface area contributed by atoms with E-state index in [1.807, 2.05) is 17.8 Å². The van der Waals surface area contributed by atoms with Crippen LogP contribution in [0.4, 0.5) is 0 Å². The summed E-state index contributed by atoms with van der Waals surface area (Å²) in [4.78, 5) is 4.76. The molecule has 302 valence electrons. The molecule has 0 saturated carbocycles. The number of rotatable bonds is 6. The van der Waals surface area contributed by atoms with Crippen LogP contribution < -0.4 is 20.7 Å². The summed E-state index contributed by atoms with van der Waals surface area (Å²) in [6, 6.07) is 84.8. The molecule has 2 aliphatic rings. The molecule has 0 unspecified atom stereocenters. The molecule has 0 nitrogen and oxygen atoms in total. The molecule has 1 spiro atoms. The molecule has 0 radical (unpaired) electrons. The minimum absolute atomic E-state index is 0.372. The largest absolute Gasteiger partial charge is 0.184 e. The second-order valence-electron chi connectivity index (χ2n) is 16.4. The molecule has 3 heteroatoms. The van der Waals surface area contributed by atoms with E-state index < -0.39 is 14.9 Å². The second-order valence-corrected chi connectivity index (χ2v) is 22.2. The first-order chi connectivity index (χ1) is 32.9. The SMILES string of the molecule is [2H]C([2H])([2H])c1ccc2c(c1-c1ccc(-c3cc(-c4ccccc4)c(-c4ccccc4)c(-c4ccccc4)c3-c3ccccc3)cc1)Sc1ccccc1[Si]21c2ccccc2Sc2ccccc21. The summed E-state index contributed by atoms with van der Waals surface area (Å²) in [5, 5.41) is 5.30. The molecule has 0 N–H and O–H groups in total. The van der Waals surface area contributed by atoms with Crippen molar-refractivity contribution < 1.29 is 4.11 Å². The molecule has 2 aliphatic heterocycles. The van der Waals surface area contributed by atoms with Gasteiger partial charge in [-0.05, 0) is 124 Å². The summed E-state index contributed by atoms with van der Waals surface area (Å²) >= 11 is 3.57. The van der Waals surface area contributed by atoms with Gasteiger partial charge in [-0.1, -0.05) is 236 Å². The molecule has 0 aromatic heterocycles. The van der Waals surface area contributed by atoms with Crippen molar-refractivity contribution in [2.75, 3.05) is 0 Å². The van der Waals surface area contributed by atoms with Crippen molar-refractivity contribution >= 4 is 52.3 Å². The van der Waals surface area contributed by atoms with E-state index >= 15 is 0 Å². The van der Waals surface area contributed by atoms with Gasteiger partial charge in [0.05, 0.1) is 0 Å². The van der Waals surface area contributed by atoms with Crippen LogP contribution in [-0.2, 0) is 0 Å². The van der Waals surface area contributed by atoms with Gasteiger partial charge in [0, 0.05) is 23.7 Å². The van der Waals surface area contributed by atoms with Gasteiger partial charge in [0.15, 0.2) is 8.07 Å². The maximum atomic E-state index is 9.03. The van der Waals surface area contributed by atoms with Crippen LogP contribution in [0.2, 0.25) is 0 Å². The fourth-order valence-corrected chi connectivity index (χ4v) is 19.6. The molecular weight excluding hydrogens is 825 g/mol. The Labute approximate surface area is 389 Å². The smallest absolute Gasteiger partial charge is 0.0903 e. The zero-order chi connectivity index (χ0) is 45.1. The van der Waals surface area contributed by atoms with Crippen LogP contribution in [0.1, 0.15) is 9.68 Å². The van der Waals surface area contributed by atoms with Crippen molar-refractivity contribution in [1.29, 1.82) is 0 Å². The first-order valence-electron chi connectivity index (χ1n) is 23.3. The summed E-state index contributed by atoms with van der Waals surface area (Å²) in [5.74, 6) is 0. The van der Waals surface area contributed by atoms with Crippen LogP contribution in [0.25, 0.3) is 66.8 Å². The molecule has 0 saturated heterocycles.